The van der Waals surface area contributed by atoms with Crippen LogP contribution in [0.25, 0.3) is 11.3 Å². The van der Waals surface area contributed by atoms with E-state index in [1.165, 1.54) is 11.1 Å². The topological polar surface area (TPSA) is 55.9 Å². The van der Waals surface area contributed by atoms with Gasteiger partial charge in [-0.3, -0.25) is 4.68 Å². The molecule has 1 unspecified atom stereocenters. The summed E-state index contributed by atoms with van der Waals surface area (Å²) in [4.78, 5) is 4.33. The molecule has 23 heavy (non-hydrogen) atoms. The highest BCUT2D eigenvalue weighted by molar-refractivity contribution is 5.69. The molecule has 3 aromatic rings. The van der Waals surface area contributed by atoms with Crippen molar-refractivity contribution in [2.75, 3.05) is 0 Å². The average molecular weight is 306 g/mol. The van der Waals surface area contributed by atoms with E-state index < -0.39 is 6.10 Å². The minimum absolute atomic E-state index is 0.129. The molecule has 0 fully saturated rings. The maximum absolute atomic E-state index is 11.0. The third-order valence-electron chi connectivity index (χ3n) is 5.29. The molecule has 116 valence electrons. The number of fused-ring (bicyclic) bond motifs is 4. The van der Waals surface area contributed by atoms with Gasteiger partial charge < -0.3 is 9.67 Å². The lowest BCUT2D eigenvalue weighted by Crippen LogP contribution is -2.23. The highest BCUT2D eigenvalue weighted by atomic mass is 16.3. The quantitative estimate of drug-likeness (QED) is 0.752. The smallest absolute Gasteiger partial charge is 0.101 e. The lowest BCUT2D eigenvalue weighted by molar-refractivity contribution is 0.0799. The first-order chi connectivity index (χ1) is 11.3. The zero-order chi connectivity index (χ0) is 15.4. The van der Waals surface area contributed by atoms with E-state index in [0.29, 0.717) is 0 Å². The molecule has 2 aliphatic heterocycles. The van der Waals surface area contributed by atoms with E-state index in [4.69, 9.17) is 0 Å². The summed E-state index contributed by atoms with van der Waals surface area (Å²) in [7, 11) is 0. The summed E-state index contributed by atoms with van der Waals surface area (Å²) in [5.74, 6) is 0.129. The van der Waals surface area contributed by atoms with Gasteiger partial charge in [0.25, 0.3) is 0 Å². The van der Waals surface area contributed by atoms with Gasteiger partial charge in [0.1, 0.15) is 6.10 Å². The van der Waals surface area contributed by atoms with Crippen LogP contribution in [-0.2, 0) is 6.54 Å². The van der Waals surface area contributed by atoms with Crippen LogP contribution in [0, 0.1) is 5.92 Å². The Kier molecular flexibility index (Phi) is 2.73. The Bertz CT molecular complexity index is 865. The van der Waals surface area contributed by atoms with Gasteiger partial charge >= 0.3 is 0 Å². The fourth-order valence-electron chi connectivity index (χ4n) is 4.28. The molecule has 5 heteroatoms. The second-order valence-corrected chi connectivity index (χ2v) is 6.45. The molecule has 5 rings (SSSR count). The molecule has 0 spiro atoms. The zero-order valence-corrected chi connectivity index (χ0v) is 12.7. The van der Waals surface area contributed by atoms with Gasteiger partial charge in [-0.15, -0.1) is 0 Å². The fraction of sp³-hybridized carbons (Fsp3) is 0.333. The predicted octanol–water partition coefficient (Wildman–Crippen LogP) is 2.79. The maximum Gasteiger partial charge on any atom is 0.101 e. The first-order valence-corrected chi connectivity index (χ1v) is 8.15. The number of rotatable bonds is 1. The summed E-state index contributed by atoms with van der Waals surface area (Å²) in [6.07, 6.45) is 7.10. The number of aliphatic hydroxyl groups is 1. The molecule has 0 saturated carbocycles. The summed E-state index contributed by atoms with van der Waals surface area (Å²) >= 11 is 0. The van der Waals surface area contributed by atoms with E-state index in [9.17, 15) is 5.11 Å². The van der Waals surface area contributed by atoms with E-state index in [2.05, 4.69) is 38.9 Å². The molecule has 5 nitrogen and oxygen atoms in total. The number of aliphatic hydroxyl groups excluding tert-OH is 1. The van der Waals surface area contributed by atoms with Gasteiger partial charge in [-0.1, -0.05) is 24.3 Å². The fourth-order valence-corrected chi connectivity index (χ4v) is 4.28. The summed E-state index contributed by atoms with van der Waals surface area (Å²) in [5, 5.41) is 15.4. The van der Waals surface area contributed by atoms with E-state index in [1.807, 2.05) is 23.3 Å². The Labute approximate surface area is 134 Å². The Morgan fingerprint density at radius 2 is 2.09 bits per heavy atom. The number of benzene rings is 1. The highest BCUT2D eigenvalue weighted by Crippen LogP contribution is 2.48. The van der Waals surface area contributed by atoms with Crippen LogP contribution in [-0.4, -0.2) is 24.4 Å². The third kappa shape index (κ3) is 1.77. The second-order valence-electron chi connectivity index (χ2n) is 6.45. The number of hydrogen-bond donors (Lipinski definition) is 1. The van der Waals surface area contributed by atoms with Crippen LogP contribution in [0.5, 0.6) is 0 Å². The normalized spacial score (nSPS) is 25.5. The van der Waals surface area contributed by atoms with Crippen molar-refractivity contribution in [2.24, 2.45) is 5.92 Å². The van der Waals surface area contributed by atoms with E-state index in [0.717, 1.165) is 30.8 Å². The van der Waals surface area contributed by atoms with Crippen LogP contribution in [0.2, 0.25) is 0 Å². The van der Waals surface area contributed by atoms with Crippen LogP contribution >= 0.6 is 0 Å². The van der Waals surface area contributed by atoms with Crippen LogP contribution in [0.1, 0.15) is 36.2 Å². The molecule has 0 bridgehead atoms. The summed E-state index contributed by atoms with van der Waals surface area (Å²) in [6, 6.07) is 10.6. The van der Waals surface area contributed by atoms with Gasteiger partial charge in [0.05, 0.1) is 30.0 Å². The Hall–Kier alpha value is -2.40. The number of nitrogens with zero attached hydrogens (tertiary/aromatic N) is 4. The van der Waals surface area contributed by atoms with Gasteiger partial charge in [-0.25, -0.2) is 4.98 Å². The van der Waals surface area contributed by atoms with E-state index in [-0.39, 0.29) is 12.0 Å². The molecular weight excluding hydrogens is 288 g/mol. The molecule has 1 aromatic carbocycles. The minimum atomic E-state index is -0.508. The molecular formula is C18H18N4O. The molecule has 0 amide bonds. The van der Waals surface area contributed by atoms with Crippen molar-refractivity contribution in [1.29, 1.82) is 0 Å². The largest absolute Gasteiger partial charge is 0.386 e. The number of aryl methyl sites for hydroxylation is 1. The van der Waals surface area contributed by atoms with Crippen molar-refractivity contribution in [2.45, 2.75) is 31.5 Å². The maximum atomic E-state index is 11.0. The molecule has 0 saturated heterocycles. The molecule has 3 atom stereocenters. The summed E-state index contributed by atoms with van der Waals surface area (Å²) < 4.78 is 4.17. The Morgan fingerprint density at radius 1 is 1.17 bits per heavy atom. The predicted molar refractivity (Wildman–Crippen MR) is 85.7 cm³/mol. The van der Waals surface area contributed by atoms with E-state index >= 15 is 0 Å². The number of imidazole rings is 1. The van der Waals surface area contributed by atoms with Crippen LogP contribution in [0.15, 0.2) is 49.1 Å². The lowest BCUT2D eigenvalue weighted by atomic mass is 9.84. The van der Waals surface area contributed by atoms with Crippen molar-refractivity contribution >= 4 is 0 Å². The molecule has 1 N–H and O–H groups in total. The molecule has 2 aromatic heterocycles. The van der Waals surface area contributed by atoms with Gasteiger partial charge in [-0.2, -0.15) is 5.10 Å². The number of aromatic nitrogens is 4. The second kappa shape index (κ2) is 4.80. The van der Waals surface area contributed by atoms with Crippen LogP contribution in [0.3, 0.4) is 0 Å². The van der Waals surface area contributed by atoms with Crippen molar-refractivity contribution in [1.82, 2.24) is 19.3 Å². The van der Waals surface area contributed by atoms with Gasteiger partial charge in [-0.05, 0) is 24.5 Å². The van der Waals surface area contributed by atoms with Crippen molar-refractivity contribution < 1.29 is 5.11 Å². The average Bonchev–Trinajstić information content (AvgIpc) is 3.25. The first kappa shape index (κ1) is 13.1. The van der Waals surface area contributed by atoms with Gasteiger partial charge in [0.2, 0.25) is 0 Å². The summed E-state index contributed by atoms with van der Waals surface area (Å²) in [5.41, 5.74) is 4.61. The first-order valence-electron chi connectivity index (χ1n) is 8.15. The molecule has 0 aliphatic carbocycles. The van der Waals surface area contributed by atoms with Gasteiger partial charge in [0.15, 0.2) is 0 Å². The summed E-state index contributed by atoms with van der Waals surface area (Å²) in [6.45, 7) is 0.876. The number of hydrogen-bond acceptors (Lipinski definition) is 3. The minimum Gasteiger partial charge on any atom is -0.386 e. The monoisotopic (exact) mass is 306 g/mol. The highest BCUT2D eigenvalue weighted by Gasteiger charge is 2.39. The third-order valence-corrected chi connectivity index (χ3v) is 5.29. The van der Waals surface area contributed by atoms with Crippen LogP contribution < -0.4 is 0 Å². The Balaban J connectivity index is 1.65. The van der Waals surface area contributed by atoms with Crippen molar-refractivity contribution in [3.8, 4) is 11.3 Å². The lowest BCUT2D eigenvalue weighted by Gasteiger charge is -2.28. The SMILES string of the molecule is O[C@@H]1c2ccnn2CCC[C@H]1C1c2ccccc2-c2cncn21. The standard InChI is InChI=1S/C18H18N4O/c23-18-14(6-3-9-22-15(18)7-8-20-22)17-13-5-2-1-4-12(13)16-10-19-11-21(16)17/h1-2,4-5,7-8,10-11,14,17-18,23H,3,6,9H2/t14-,17?,18-/m0/s1. The molecule has 2 aliphatic rings. The molecule has 4 heterocycles. The van der Waals surface area contributed by atoms with Crippen molar-refractivity contribution in [3.05, 3.63) is 60.3 Å². The zero-order valence-electron chi connectivity index (χ0n) is 12.7. The van der Waals surface area contributed by atoms with E-state index in [1.54, 1.807) is 6.20 Å². The Morgan fingerprint density at radius 3 is 3.04 bits per heavy atom. The van der Waals surface area contributed by atoms with Gasteiger partial charge in [0, 0.05) is 24.2 Å². The van der Waals surface area contributed by atoms with Crippen molar-refractivity contribution in [3.63, 3.8) is 0 Å². The van der Waals surface area contributed by atoms with Crippen LogP contribution in [0.4, 0.5) is 0 Å². The molecule has 0 radical (unpaired) electrons.